The Morgan fingerprint density at radius 3 is 2.34 bits per heavy atom. The van der Waals surface area contributed by atoms with Gasteiger partial charge in [0.1, 0.15) is 11.6 Å². The number of fused-ring (bicyclic) bond motifs is 2. The molecule has 50 heavy (non-hydrogen) atoms. The number of nitrogens with zero attached hydrogens (tertiary/aromatic N) is 2. The second kappa shape index (κ2) is 14.3. The first-order chi connectivity index (χ1) is 23.8. The third-order valence-electron chi connectivity index (χ3n) is 9.50. The molecule has 4 N–H and O–H groups in total. The second-order valence-electron chi connectivity index (χ2n) is 13.7. The van der Waals surface area contributed by atoms with Crippen molar-refractivity contribution in [3.8, 4) is 0 Å². The van der Waals surface area contributed by atoms with Crippen molar-refractivity contribution in [1.82, 2.24) is 14.9 Å². The lowest BCUT2D eigenvalue weighted by molar-refractivity contribution is -0.131. The standard InChI is InChI=1S/C38H40Cl2FN5O3Si/c1-23-35-24(17-25(39)18-29(35)40)15-16-46(23)34(47)21-43-33-20-32-28(19-30(33)41)37(48)45-36(44-32)31(42)22-49-50(38(2,3)4,26-11-7-5-8-12-26)27-13-9-6-10-14-27/h5-14,17-20,23,31,43H,15-16,21-22,42H2,1-4H3,(H,44,45,48)/t23?,31-/m0/s1. The van der Waals surface area contributed by atoms with Gasteiger partial charge in [-0.15, -0.1) is 0 Å². The Labute approximate surface area is 301 Å². The molecule has 1 aliphatic rings. The Kier molecular flexibility index (Phi) is 10.2. The van der Waals surface area contributed by atoms with Gasteiger partial charge in [0.15, 0.2) is 0 Å². The molecule has 8 nitrogen and oxygen atoms in total. The molecule has 0 radical (unpaired) electrons. The number of H-pyrrole nitrogens is 1. The monoisotopic (exact) mass is 731 g/mol. The number of hydrogen-bond acceptors (Lipinski definition) is 6. The molecule has 0 aliphatic carbocycles. The predicted molar refractivity (Wildman–Crippen MR) is 202 cm³/mol. The number of anilines is 1. The maximum atomic E-state index is 15.3. The highest BCUT2D eigenvalue weighted by Gasteiger charge is 2.50. The highest BCUT2D eigenvalue weighted by Crippen LogP contribution is 2.38. The lowest BCUT2D eigenvalue weighted by Gasteiger charge is -2.43. The van der Waals surface area contributed by atoms with Crippen LogP contribution in [0, 0.1) is 5.82 Å². The summed E-state index contributed by atoms with van der Waals surface area (Å²) in [4.78, 5) is 35.6. The van der Waals surface area contributed by atoms with Crippen molar-refractivity contribution in [3.63, 3.8) is 0 Å². The van der Waals surface area contributed by atoms with Crippen molar-refractivity contribution in [2.75, 3.05) is 25.0 Å². The molecule has 0 saturated heterocycles. The molecule has 2 atom stereocenters. The smallest absolute Gasteiger partial charge is 0.261 e. The van der Waals surface area contributed by atoms with Crippen molar-refractivity contribution in [2.24, 2.45) is 5.73 Å². The summed E-state index contributed by atoms with van der Waals surface area (Å²) in [7, 11) is -2.90. The van der Waals surface area contributed by atoms with Crippen LogP contribution in [0.15, 0.2) is 89.7 Å². The largest absolute Gasteiger partial charge is 0.405 e. The first kappa shape index (κ1) is 35.8. The van der Waals surface area contributed by atoms with Crippen LogP contribution in [0.5, 0.6) is 0 Å². The van der Waals surface area contributed by atoms with Gasteiger partial charge < -0.3 is 25.4 Å². The highest BCUT2D eigenvalue weighted by molar-refractivity contribution is 6.99. The summed E-state index contributed by atoms with van der Waals surface area (Å²) in [5.41, 5.74) is 8.31. The number of amides is 1. The van der Waals surface area contributed by atoms with E-state index >= 15 is 4.39 Å². The molecule has 260 valence electrons. The summed E-state index contributed by atoms with van der Waals surface area (Å²) in [5, 5.41) is 5.97. The summed E-state index contributed by atoms with van der Waals surface area (Å²) >= 11 is 12.7. The van der Waals surface area contributed by atoms with Crippen molar-refractivity contribution < 1.29 is 13.6 Å². The van der Waals surface area contributed by atoms with Crippen LogP contribution in [0.25, 0.3) is 10.9 Å². The first-order valence-electron chi connectivity index (χ1n) is 16.6. The second-order valence-corrected chi connectivity index (χ2v) is 18.9. The lowest BCUT2D eigenvalue weighted by atomic mass is 9.93. The third kappa shape index (κ3) is 6.83. The molecule has 0 saturated carbocycles. The first-order valence-corrected chi connectivity index (χ1v) is 19.2. The molecular formula is C38H40Cl2FN5O3Si. The van der Waals surface area contributed by atoms with Gasteiger partial charge in [0.05, 0.1) is 41.8 Å². The average molecular weight is 733 g/mol. The number of aromatic amines is 1. The van der Waals surface area contributed by atoms with E-state index in [0.29, 0.717) is 23.0 Å². The molecule has 0 spiro atoms. The Balaban J connectivity index is 1.23. The summed E-state index contributed by atoms with van der Waals surface area (Å²) in [5.74, 6) is -0.693. The van der Waals surface area contributed by atoms with Gasteiger partial charge in [0, 0.05) is 16.6 Å². The number of rotatable bonds is 9. The normalized spacial score (nSPS) is 15.5. The summed E-state index contributed by atoms with van der Waals surface area (Å²) in [6.45, 7) is 8.80. The quantitative estimate of drug-likeness (QED) is 0.149. The Hall–Kier alpha value is -4.06. The van der Waals surface area contributed by atoms with E-state index in [1.807, 2.05) is 49.4 Å². The molecule has 1 unspecified atom stereocenters. The predicted octanol–water partition coefficient (Wildman–Crippen LogP) is 6.50. The minimum Gasteiger partial charge on any atom is -0.405 e. The summed E-state index contributed by atoms with van der Waals surface area (Å²) in [6.07, 6.45) is 0.603. The molecule has 4 aromatic carbocycles. The van der Waals surface area contributed by atoms with E-state index in [1.165, 1.54) is 6.07 Å². The number of carbonyl (C=O) groups is 1. The third-order valence-corrected chi connectivity index (χ3v) is 15.0. The number of aromatic nitrogens is 2. The molecule has 0 fully saturated rings. The fraction of sp³-hybridized carbons (Fsp3) is 0.289. The van der Waals surface area contributed by atoms with Gasteiger partial charge in [-0.25, -0.2) is 9.37 Å². The number of halogens is 3. The maximum absolute atomic E-state index is 15.3. The zero-order valence-corrected chi connectivity index (χ0v) is 30.9. The van der Waals surface area contributed by atoms with Crippen LogP contribution in [0.2, 0.25) is 15.1 Å². The Bertz CT molecular complexity index is 2050. The molecule has 1 amide bonds. The van der Waals surface area contributed by atoms with Crippen LogP contribution in [0.4, 0.5) is 10.1 Å². The lowest BCUT2D eigenvalue weighted by Crippen LogP contribution is -2.67. The van der Waals surface area contributed by atoms with E-state index in [0.717, 1.165) is 27.6 Å². The van der Waals surface area contributed by atoms with Gasteiger partial charge in [-0.05, 0) is 64.1 Å². The van der Waals surface area contributed by atoms with Crippen LogP contribution < -0.4 is 27.0 Å². The Morgan fingerprint density at radius 1 is 1.08 bits per heavy atom. The van der Waals surface area contributed by atoms with E-state index in [9.17, 15) is 9.59 Å². The Morgan fingerprint density at radius 2 is 1.72 bits per heavy atom. The maximum Gasteiger partial charge on any atom is 0.261 e. The van der Waals surface area contributed by atoms with E-state index in [1.54, 1.807) is 11.0 Å². The van der Waals surface area contributed by atoms with E-state index in [4.69, 9.17) is 33.4 Å². The average Bonchev–Trinajstić information content (AvgIpc) is 3.08. The van der Waals surface area contributed by atoms with Gasteiger partial charge in [0.2, 0.25) is 5.91 Å². The molecule has 5 aromatic rings. The molecule has 1 aromatic heterocycles. The van der Waals surface area contributed by atoms with Crippen molar-refractivity contribution >= 4 is 64.4 Å². The van der Waals surface area contributed by atoms with Crippen LogP contribution in [-0.2, 0) is 15.6 Å². The zero-order chi connectivity index (χ0) is 35.8. The van der Waals surface area contributed by atoms with Crippen molar-refractivity contribution in [3.05, 3.63) is 128 Å². The molecule has 12 heteroatoms. The molecule has 0 bridgehead atoms. The van der Waals surface area contributed by atoms with E-state index in [-0.39, 0.29) is 52.6 Å². The highest BCUT2D eigenvalue weighted by atomic mass is 35.5. The molecule has 1 aliphatic heterocycles. The molecular weight excluding hydrogens is 692 g/mol. The summed E-state index contributed by atoms with van der Waals surface area (Å²) < 4.78 is 22.2. The SMILES string of the molecule is CC1c2c(Cl)cc(Cl)cc2CCN1C(=O)CNc1cc2nc([C@@H](N)CO[Si](c3ccccc3)(c3ccccc3)C(C)(C)C)[nH]c(=O)c2cc1F. The topological polar surface area (TPSA) is 113 Å². The molecule has 2 heterocycles. The van der Waals surface area contributed by atoms with E-state index < -0.39 is 25.7 Å². The van der Waals surface area contributed by atoms with Crippen molar-refractivity contribution in [1.29, 1.82) is 0 Å². The fourth-order valence-electron chi connectivity index (χ4n) is 7.06. The summed E-state index contributed by atoms with van der Waals surface area (Å²) in [6, 6.07) is 25.4. The minimum atomic E-state index is -2.90. The zero-order valence-electron chi connectivity index (χ0n) is 28.4. The number of hydrogen-bond donors (Lipinski definition) is 3. The van der Waals surface area contributed by atoms with Crippen LogP contribution in [0.3, 0.4) is 0 Å². The number of nitrogens with one attached hydrogen (secondary N) is 2. The number of carbonyl (C=O) groups excluding carboxylic acids is 1. The van der Waals surface area contributed by atoms with Crippen LogP contribution in [-0.4, -0.2) is 48.8 Å². The van der Waals surface area contributed by atoms with Gasteiger partial charge in [0.25, 0.3) is 13.9 Å². The fourth-order valence-corrected chi connectivity index (χ4v) is 12.3. The van der Waals surface area contributed by atoms with Crippen LogP contribution in [0.1, 0.15) is 56.7 Å². The number of benzene rings is 4. The van der Waals surface area contributed by atoms with Gasteiger partial charge >= 0.3 is 0 Å². The molecule has 6 rings (SSSR count). The van der Waals surface area contributed by atoms with E-state index in [2.05, 4.69) is 60.3 Å². The van der Waals surface area contributed by atoms with Gasteiger partial charge in [-0.3, -0.25) is 9.59 Å². The minimum absolute atomic E-state index is 0.0434. The van der Waals surface area contributed by atoms with Crippen LogP contribution >= 0.6 is 23.2 Å². The van der Waals surface area contributed by atoms with Gasteiger partial charge in [-0.2, -0.15) is 0 Å². The van der Waals surface area contributed by atoms with Crippen molar-refractivity contribution in [2.45, 2.75) is 51.2 Å². The van der Waals surface area contributed by atoms with Gasteiger partial charge in [-0.1, -0.05) is 105 Å². The number of nitrogens with two attached hydrogens (primary N) is 1.